The van der Waals surface area contributed by atoms with Crippen molar-refractivity contribution in [2.45, 2.75) is 0 Å². The van der Waals surface area contributed by atoms with Crippen molar-refractivity contribution in [1.29, 1.82) is 0 Å². The second kappa shape index (κ2) is 8.02. The van der Waals surface area contributed by atoms with Crippen molar-refractivity contribution in [2.75, 3.05) is 0 Å². The second-order valence-corrected chi connectivity index (χ2v) is 4.49. The van der Waals surface area contributed by atoms with Crippen LogP contribution >= 0.6 is 11.6 Å². The summed E-state index contributed by atoms with van der Waals surface area (Å²) >= 11 is 5.84. The monoisotopic (exact) mass is 343 g/mol. The third-order valence-electron chi connectivity index (χ3n) is 2.61. The Morgan fingerprint density at radius 1 is 1.17 bits per heavy atom. The van der Waals surface area contributed by atoms with Gasteiger partial charge >= 0.3 is 35.5 Å². The van der Waals surface area contributed by atoms with Crippen LogP contribution in [-0.2, 0) is 0 Å². The first-order chi connectivity index (χ1) is 10.4. The Morgan fingerprint density at radius 2 is 1.87 bits per heavy atom. The van der Waals surface area contributed by atoms with Crippen LogP contribution < -0.4 is 34.7 Å². The smallest absolute Gasteiger partial charge is 0.872 e. The number of halogens is 1. The Hall–Kier alpha value is -2.00. The molecule has 0 amide bonds. The third-order valence-corrected chi connectivity index (χ3v) is 2.91. The molecule has 0 aliphatic carbocycles. The summed E-state index contributed by atoms with van der Waals surface area (Å²) < 4.78 is 0. The molecule has 112 valence electrons. The van der Waals surface area contributed by atoms with Gasteiger partial charge in [0.2, 0.25) is 0 Å². The predicted octanol–water partition coefficient (Wildman–Crippen LogP) is 0.439. The number of nitro benzene ring substituents is 1. The van der Waals surface area contributed by atoms with Gasteiger partial charge in [0.25, 0.3) is 5.69 Å². The number of non-ortho nitro benzene ring substituents is 1. The molecule has 0 aliphatic rings. The van der Waals surface area contributed by atoms with E-state index in [1.165, 1.54) is 18.2 Å². The summed E-state index contributed by atoms with van der Waals surface area (Å²) in [5.74, 6) is -2.00. The van der Waals surface area contributed by atoms with E-state index in [9.17, 15) is 20.0 Å². The molecule has 0 aromatic heterocycles. The van der Waals surface area contributed by atoms with Gasteiger partial charge in [0.15, 0.2) is 0 Å². The number of rotatable bonds is 4. The molecule has 0 unspecified atom stereocenters. The van der Waals surface area contributed by atoms with Crippen molar-refractivity contribution in [3.05, 3.63) is 57.1 Å². The quantitative estimate of drug-likeness (QED) is 0.373. The SMILES string of the molecule is O=C(O)c1cc(N=Nc2ccc([N+](=O)[O-])cc2Cl)ccc1[O-].[Na+]. The zero-order chi connectivity index (χ0) is 16.3. The Balaban J connectivity index is 0.00000264. The van der Waals surface area contributed by atoms with Gasteiger partial charge in [-0.25, -0.2) is 4.79 Å². The first kappa shape index (κ1) is 19.0. The van der Waals surface area contributed by atoms with Crippen LogP contribution in [0.3, 0.4) is 0 Å². The summed E-state index contributed by atoms with van der Waals surface area (Å²) in [5, 5.41) is 38.3. The molecule has 1 N–H and O–H groups in total. The largest absolute Gasteiger partial charge is 1.00 e. The number of carboxylic acids is 1. The molecule has 2 aromatic carbocycles. The number of hydrogen-bond donors (Lipinski definition) is 1. The van der Waals surface area contributed by atoms with Crippen molar-refractivity contribution < 1.29 is 49.5 Å². The average molecular weight is 344 g/mol. The normalized spacial score (nSPS) is 10.3. The molecule has 0 saturated heterocycles. The predicted molar refractivity (Wildman–Crippen MR) is 75.1 cm³/mol. The van der Waals surface area contributed by atoms with E-state index in [1.54, 1.807) is 0 Å². The summed E-state index contributed by atoms with van der Waals surface area (Å²) in [6.07, 6.45) is 0. The molecule has 2 aromatic rings. The molecule has 0 saturated carbocycles. The summed E-state index contributed by atoms with van der Waals surface area (Å²) in [7, 11) is 0. The van der Waals surface area contributed by atoms with E-state index in [-0.39, 0.29) is 51.6 Å². The van der Waals surface area contributed by atoms with Crippen LogP contribution in [-0.4, -0.2) is 16.0 Å². The minimum atomic E-state index is -1.37. The minimum absolute atomic E-state index is 0. The van der Waals surface area contributed by atoms with E-state index in [2.05, 4.69) is 10.2 Å². The molecule has 0 fully saturated rings. The van der Waals surface area contributed by atoms with Crippen molar-refractivity contribution in [2.24, 2.45) is 10.2 Å². The molecule has 23 heavy (non-hydrogen) atoms. The fraction of sp³-hybridized carbons (Fsp3) is 0. The second-order valence-electron chi connectivity index (χ2n) is 4.08. The van der Waals surface area contributed by atoms with E-state index in [1.807, 2.05) is 0 Å². The maximum absolute atomic E-state index is 11.3. The number of benzene rings is 2. The van der Waals surface area contributed by atoms with Gasteiger partial charge in [0.05, 0.1) is 21.2 Å². The summed E-state index contributed by atoms with van der Waals surface area (Å²) in [5.41, 5.74) is -0.291. The summed E-state index contributed by atoms with van der Waals surface area (Å²) in [4.78, 5) is 20.8. The Bertz CT molecular complexity index is 797. The maximum atomic E-state index is 11.3. The van der Waals surface area contributed by atoms with Gasteiger partial charge in [-0.1, -0.05) is 23.4 Å². The third kappa shape index (κ3) is 4.73. The molecule has 0 bridgehead atoms. The molecule has 2 rings (SSSR count). The van der Waals surface area contributed by atoms with Crippen molar-refractivity contribution >= 4 is 34.6 Å². The van der Waals surface area contributed by atoms with Crippen LogP contribution in [0.25, 0.3) is 0 Å². The first-order valence-corrected chi connectivity index (χ1v) is 6.16. The van der Waals surface area contributed by atoms with Gasteiger partial charge in [0, 0.05) is 12.1 Å². The van der Waals surface area contributed by atoms with Crippen LogP contribution in [0.4, 0.5) is 17.1 Å². The zero-order valence-electron chi connectivity index (χ0n) is 11.8. The van der Waals surface area contributed by atoms with E-state index in [0.717, 1.165) is 18.2 Å². The molecular formula is C13H7ClN3NaO5. The number of carboxylic acid groups (broad SMARTS) is 1. The molecule has 0 atom stereocenters. The molecule has 0 radical (unpaired) electrons. The molecule has 10 heteroatoms. The summed E-state index contributed by atoms with van der Waals surface area (Å²) in [6, 6.07) is 7.09. The Morgan fingerprint density at radius 3 is 2.43 bits per heavy atom. The van der Waals surface area contributed by atoms with Crippen LogP contribution in [0.2, 0.25) is 5.02 Å². The standard InChI is InChI=1S/C13H8ClN3O5.Na/c14-10-6-8(17(21)22)2-3-11(10)16-15-7-1-4-12(18)9(5-7)13(19)20;/h1-6,18H,(H,19,20);/q;+1/p-1. The fourth-order valence-electron chi connectivity index (χ4n) is 1.55. The van der Waals surface area contributed by atoms with Crippen molar-refractivity contribution in [1.82, 2.24) is 0 Å². The number of hydrogen-bond acceptors (Lipinski definition) is 6. The van der Waals surface area contributed by atoms with Gasteiger partial charge in [-0.2, -0.15) is 5.11 Å². The van der Waals surface area contributed by atoms with E-state index < -0.39 is 22.2 Å². The van der Waals surface area contributed by atoms with Gasteiger partial charge in [0.1, 0.15) is 5.69 Å². The molecule has 0 aliphatic heterocycles. The van der Waals surface area contributed by atoms with E-state index in [0.29, 0.717) is 0 Å². The fourth-order valence-corrected chi connectivity index (χ4v) is 1.76. The molecule has 8 nitrogen and oxygen atoms in total. The van der Waals surface area contributed by atoms with Gasteiger partial charge in [-0.3, -0.25) is 10.1 Å². The Labute approximate surface area is 156 Å². The Kier molecular flexibility index (Phi) is 6.64. The summed E-state index contributed by atoms with van der Waals surface area (Å²) in [6.45, 7) is 0. The van der Waals surface area contributed by atoms with Crippen LogP contribution in [0.1, 0.15) is 10.4 Å². The van der Waals surface area contributed by atoms with Crippen LogP contribution in [0.5, 0.6) is 5.75 Å². The van der Waals surface area contributed by atoms with Crippen LogP contribution in [0, 0.1) is 10.1 Å². The van der Waals surface area contributed by atoms with Crippen LogP contribution in [0.15, 0.2) is 46.6 Å². The molecular weight excluding hydrogens is 337 g/mol. The number of aromatic carboxylic acids is 1. The number of nitro groups is 1. The number of carbonyl (C=O) groups is 1. The molecule has 0 heterocycles. The average Bonchev–Trinajstić information content (AvgIpc) is 2.46. The first-order valence-electron chi connectivity index (χ1n) is 5.78. The number of azo groups is 1. The van der Waals surface area contributed by atoms with E-state index in [4.69, 9.17) is 16.7 Å². The van der Waals surface area contributed by atoms with Crippen molar-refractivity contribution in [3.8, 4) is 5.75 Å². The maximum Gasteiger partial charge on any atom is 1.00 e. The van der Waals surface area contributed by atoms with E-state index >= 15 is 0 Å². The minimum Gasteiger partial charge on any atom is -0.872 e. The van der Waals surface area contributed by atoms with Gasteiger partial charge < -0.3 is 10.2 Å². The van der Waals surface area contributed by atoms with Crippen molar-refractivity contribution in [3.63, 3.8) is 0 Å². The van der Waals surface area contributed by atoms with Gasteiger partial charge in [-0.15, -0.1) is 5.11 Å². The topological polar surface area (TPSA) is 128 Å². The number of nitrogens with zero attached hydrogens (tertiary/aromatic N) is 3. The van der Waals surface area contributed by atoms with Gasteiger partial charge in [-0.05, 0) is 18.2 Å². The molecule has 0 spiro atoms. The zero-order valence-corrected chi connectivity index (χ0v) is 14.5.